The number of aromatic nitrogens is 1. The van der Waals surface area contributed by atoms with E-state index in [2.05, 4.69) is 9.88 Å². The summed E-state index contributed by atoms with van der Waals surface area (Å²) >= 11 is 0. The van der Waals surface area contributed by atoms with Gasteiger partial charge in [-0.2, -0.15) is 4.39 Å². The predicted molar refractivity (Wildman–Crippen MR) is 60.8 cm³/mol. The van der Waals surface area contributed by atoms with Crippen LogP contribution in [0, 0.1) is 11.9 Å². The fraction of sp³-hybridized carbons (Fsp3) is 0.583. The van der Waals surface area contributed by atoms with Crippen molar-refractivity contribution in [2.24, 2.45) is 5.92 Å². The molecule has 88 valence electrons. The smallest absolute Gasteiger partial charge is 0.214 e. The molecule has 16 heavy (non-hydrogen) atoms. The first-order valence-corrected chi connectivity index (χ1v) is 5.77. The van der Waals surface area contributed by atoms with Crippen LogP contribution in [0.15, 0.2) is 18.3 Å². The number of piperidine rings is 1. The molecule has 1 aromatic rings. The van der Waals surface area contributed by atoms with Crippen molar-refractivity contribution in [1.82, 2.24) is 4.98 Å². The Kier molecular flexibility index (Phi) is 3.72. The van der Waals surface area contributed by atoms with Gasteiger partial charge < -0.3 is 10.0 Å². The van der Waals surface area contributed by atoms with E-state index in [0.29, 0.717) is 5.92 Å². The second-order valence-electron chi connectivity index (χ2n) is 4.30. The average Bonchev–Trinajstić information content (AvgIpc) is 2.30. The molecule has 0 amide bonds. The largest absolute Gasteiger partial charge is 0.396 e. The minimum Gasteiger partial charge on any atom is -0.396 e. The van der Waals surface area contributed by atoms with E-state index in [4.69, 9.17) is 5.11 Å². The first kappa shape index (κ1) is 11.3. The molecule has 0 saturated carbocycles. The maximum Gasteiger partial charge on any atom is 0.214 e. The highest BCUT2D eigenvalue weighted by Gasteiger charge is 2.19. The zero-order valence-electron chi connectivity index (χ0n) is 9.27. The summed E-state index contributed by atoms with van der Waals surface area (Å²) in [4.78, 5) is 5.73. The minimum absolute atomic E-state index is 0.239. The molecule has 1 N–H and O–H groups in total. The van der Waals surface area contributed by atoms with Gasteiger partial charge in [-0.3, -0.25) is 0 Å². The fourth-order valence-electron chi connectivity index (χ4n) is 2.31. The molecule has 4 heteroatoms. The number of rotatable bonds is 3. The number of hydrogen-bond donors (Lipinski definition) is 1. The Balaban J connectivity index is 2.03. The molecule has 1 aliphatic heterocycles. The summed E-state index contributed by atoms with van der Waals surface area (Å²) in [6.07, 6.45) is 4.60. The molecule has 0 radical (unpaired) electrons. The molecule has 1 fully saturated rings. The molecule has 1 saturated heterocycles. The Morgan fingerprint density at radius 3 is 3.19 bits per heavy atom. The second kappa shape index (κ2) is 5.25. The number of halogens is 1. The molecule has 1 atom stereocenters. The van der Waals surface area contributed by atoms with Crippen LogP contribution < -0.4 is 4.90 Å². The molecule has 1 unspecified atom stereocenters. The van der Waals surface area contributed by atoms with Crippen molar-refractivity contribution in [3.8, 4) is 0 Å². The fourth-order valence-corrected chi connectivity index (χ4v) is 2.31. The van der Waals surface area contributed by atoms with Crippen molar-refractivity contribution in [3.05, 3.63) is 24.3 Å². The summed E-state index contributed by atoms with van der Waals surface area (Å²) < 4.78 is 13.0. The van der Waals surface area contributed by atoms with Crippen molar-refractivity contribution < 1.29 is 9.50 Å². The summed E-state index contributed by atoms with van der Waals surface area (Å²) in [5, 5.41) is 8.93. The Labute approximate surface area is 94.9 Å². The van der Waals surface area contributed by atoms with Crippen molar-refractivity contribution in [2.45, 2.75) is 19.3 Å². The van der Waals surface area contributed by atoms with Crippen LogP contribution in [0.4, 0.5) is 10.1 Å². The molecule has 0 aromatic carbocycles. The van der Waals surface area contributed by atoms with Gasteiger partial charge in [-0.05, 0) is 31.2 Å². The second-order valence-corrected chi connectivity index (χ2v) is 4.30. The molecule has 2 heterocycles. The Morgan fingerprint density at radius 1 is 1.56 bits per heavy atom. The maximum absolute atomic E-state index is 13.0. The van der Waals surface area contributed by atoms with Crippen LogP contribution >= 0.6 is 0 Å². The lowest BCUT2D eigenvalue weighted by molar-refractivity contribution is 0.244. The highest BCUT2D eigenvalue weighted by atomic mass is 19.1. The summed E-state index contributed by atoms with van der Waals surface area (Å²) in [6.45, 7) is 2.11. The first-order chi connectivity index (χ1) is 7.79. The third kappa shape index (κ3) is 2.70. The summed E-state index contributed by atoms with van der Waals surface area (Å²) in [6, 6.07) is 3.31. The van der Waals surface area contributed by atoms with E-state index in [0.717, 1.165) is 38.0 Å². The van der Waals surface area contributed by atoms with Crippen molar-refractivity contribution in [1.29, 1.82) is 0 Å². The van der Waals surface area contributed by atoms with Crippen LogP contribution in [0.2, 0.25) is 0 Å². The van der Waals surface area contributed by atoms with E-state index in [-0.39, 0.29) is 6.61 Å². The standard InChI is InChI=1S/C12H17FN2O/c13-12-8-11(3-5-14-12)15-6-1-2-10(9-15)4-7-16/h3,5,8,10,16H,1-2,4,6-7,9H2. The Hall–Kier alpha value is -1.16. The van der Waals surface area contributed by atoms with Gasteiger partial charge in [-0.1, -0.05) is 0 Å². The van der Waals surface area contributed by atoms with E-state index in [1.807, 2.05) is 6.07 Å². The van der Waals surface area contributed by atoms with Gasteiger partial charge in [0.25, 0.3) is 0 Å². The molecular weight excluding hydrogens is 207 g/mol. The van der Waals surface area contributed by atoms with Crippen molar-refractivity contribution in [2.75, 3.05) is 24.6 Å². The Morgan fingerprint density at radius 2 is 2.44 bits per heavy atom. The van der Waals surface area contributed by atoms with E-state index in [1.165, 1.54) is 12.3 Å². The third-order valence-corrected chi connectivity index (χ3v) is 3.13. The van der Waals surface area contributed by atoms with Crippen LogP contribution in [0.1, 0.15) is 19.3 Å². The topological polar surface area (TPSA) is 36.4 Å². The molecule has 1 aromatic heterocycles. The quantitative estimate of drug-likeness (QED) is 0.796. The number of aliphatic hydroxyl groups is 1. The van der Waals surface area contributed by atoms with Crippen molar-refractivity contribution in [3.63, 3.8) is 0 Å². The van der Waals surface area contributed by atoms with Gasteiger partial charge in [-0.15, -0.1) is 0 Å². The molecule has 0 bridgehead atoms. The minimum atomic E-state index is -0.429. The van der Waals surface area contributed by atoms with Gasteiger partial charge in [0.15, 0.2) is 0 Å². The number of pyridine rings is 1. The predicted octanol–water partition coefficient (Wildman–Crippen LogP) is 1.82. The molecule has 1 aliphatic rings. The third-order valence-electron chi connectivity index (χ3n) is 3.13. The van der Waals surface area contributed by atoms with E-state index in [1.54, 1.807) is 0 Å². The lowest BCUT2D eigenvalue weighted by Gasteiger charge is -2.34. The zero-order valence-corrected chi connectivity index (χ0v) is 9.27. The highest BCUT2D eigenvalue weighted by Crippen LogP contribution is 2.24. The lowest BCUT2D eigenvalue weighted by atomic mass is 9.95. The number of aliphatic hydroxyl groups excluding tert-OH is 1. The van der Waals surface area contributed by atoms with Crippen molar-refractivity contribution >= 4 is 5.69 Å². The molecule has 2 rings (SSSR count). The lowest BCUT2D eigenvalue weighted by Crippen LogP contribution is -2.35. The first-order valence-electron chi connectivity index (χ1n) is 5.77. The molecular formula is C12H17FN2O. The summed E-state index contributed by atoms with van der Waals surface area (Å²) in [7, 11) is 0. The summed E-state index contributed by atoms with van der Waals surface area (Å²) in [5.41, 5.74) is 0.898. The SMILES string of the molecule is OCCC1CCCN(c2ccnc(F)c2)C1. The van der Waals surface area contributed by atoms with E-state index in [9.17, 15) is 4.39 Å². The number of hydrogen-bond acceptors (Lipinski definition) is 3. The Bertz CT molecular complexity index is 344. The van der Waals surface area contributed by atoms with Crippen LogP contribution in [-0.2, 0) is 0 Å². The molecule has 0 spiro atoms. The van der Waals surface area contributed by atoms with Gasteiger partial charge >= 0.3 is 0 Å². The van der Waals surface area contributed by atoms with Gasteiger partial charge in [0, 0.05) is 37.6 Å². The monoisotopic (exact) mass is 224 g/mol. The highest BCUT2D eigenvalue weighted by molar-refractivity contribution is 5.45. The van der Waals surface area contributed by atoms with Gasteiger partial charge in [0.1, 0.15) is 0 Å². The average molecular weight is 224 g/mol. The van der Waals surface area contributed by atoms with Crippen LogP contribution in [-0.4, -0.2) is 29.8 Å². The zero-order chi connectivity index (χ0) is 11.4. The van der Waals surface area contributed by atoms with Crippen LogP contribution in [0.3, 0.4) is 0 Å². The number of anilines is 1. The normalized spacial score (nSPS) is 21.1. The van der Waals surface area contributed by atoms with Crippen LogP contribution in [0.25, 0.3) is 0 Å². The van der Waals surface area contributed by atoms with Gasteiger partial charge in [0.05, 0.1) is 0 Å². The number of nitrogens with zero attached hydrogens (tertiary/aromatic N) is 2. The molecule has 0 aliphatic carbocycles. The van der Waals surface area contributed by atoms with Gasteiger partial charge in [0.2, 0.25) is 5.95 Å². The molecule has 3 nitrogen and oxygen atoms in total. The van der Waals surface area contributed by atoms with E-state index < -0.39 is 5.95 Å². The maximum atomic E-state index is 13.0. The van der Waals surface area contributed by atoms with Crippen LogP contribution in [0.5, 0.6) is 0 Å². The van der Waals surface area contributed by atoms with Gasteiger partial charge in [-0.25, -0.2) is 4.98 Å². The summed E-state index contributed by atoms with van der Waals surface area (Å²) in [5.74, 6) is 0.0942. The van der Waals surface area contributed by atoms with E-state index >= 15 is 0 Å².